The second-order valence-corrected chi connectivity index (χ2v) is 6.87. The van der Waals surface area contributed by atoms with Crippen LogP contribution < -0.4 is 5.32 Å². The number of nitrogens with one attached hydrogen (secondary N) is 1. The normalized spacial score (nSPS) is 14.0. The average Bonchev–Trinajstić information content (AvgIpc) is 3.00. The van der Waals surface area contributed by atoms with E-state index < -0.39 is 5.60 Å². The minimum absolute atomic E-state index is 0.415. The summed E-state index contributed by atoms with van der Waals surface area (Å²) in [6.45, 7) is 2.22. The Morgan fingerprint density at radius 3 is 2.90 bits per heavy atom. The van der Waals surface area contributed by atoms with Crippen LogP contribution in [0.4, 0.5) is 5.82 Å². The molecule has 0 saturated heterocycles. The van der Waals surface area contributed by atoms with Gasteiger partial charge < -0.3 is 10.4 Å². The van der Waals surface area contributed by atoms with E-state index in [0.717, 1.165) is 26.8 Å². The minimum Gasteiger partial charge on any atom is -0.384 e. The maximum Gasteiger partial charge on any atom is 0.126 e. The maximum atomic E-state index is 10.5. The highest BCUT2D eigenvalue weighted by molar-refractivity contribution is 9.10. The van der Waals surface area contributed by atoms with Crippen molar-refractivity contribution in [1.29, 1.82) is 0 Å². The number of pyridine rings is 1. The van der Waals surface area contributed by atoms with Gasteiger partial charge in [-0.15, -0.1) is 0 Å². The number of aliphatic hydroxyl groups is 1. The maximum absolute atomic E-state index is 10.5. The number of thiophene rings is 1. The lowest BCUT2D eigenvalue weighted by Crippen LogP contribution is -2.30. The second-order valence-electron chi connectivity index (χ2n) is 5.17. The number of rotatable bonds is 4. The number of halogens is 1. The topological polar surface area (TPSA) is 45.1 Å². The molecule has 21 heavy (non-hydrogen) atoms. The third-order valence-corrected chi connectivity index (χ3v) is 4.58. The van der Waals surface area contributed by atoms with Gasteiger partial charge in [0.1, 0.15) is 11.4 Å². The number of anilines is 1. The first kappa shape index (κ1) is 14.5. The van der Waals surface area contributed by atoms with E-state index in [0.29, 0.717) is 6.54 Å². The zero-order valence-electron chi connectivity index (χ0n) is 11.5. The molecule has 5 heteroatoms. The Kier molecular flexibility index (Phi) is 3.97. The first-order valence-corrected chi connectivity index (χ1v) is 8.33. The van der Waals surface area contributed by atoms with Crippen LogP contribution in [-0.4, -0.2) is 16.6 Å². The van der Waals surface area contributed by atoms with Gasteiger partial charge in [-0.1, -0.05) is 15.9 Å². The van der Waals surface area contributed by atoms with Crippen molar-refractivity contribution in [3.05, 3.63) is 57.2 Å². The highest BCUT2D eigenvalue weighted by atomic mass is 79.9. The SMILES string of the molecule is CC(O)(CNc1ccc2cc(Br)ccc2n1)c1ccsc1. The molecule has 1 unspecified atom stereocenters. The Labute approximate surface area is 135 Å². The standard InChI is InChI=1S/C16H15BrN2OS/c1-16(20,12-6-7-21-9-12)10-18-15-5-2-11-8-13(17)3-4-14(11)19-15/h2-9,20H,10H2,1H3,(H,18,19). The van der Waals surface area contributed by atoms with E-state index in [9.17, 15) is 5.11 Å². The van der Waals surface area contributed by atoms with Gasteiger partial charge in [0.05, 0.1) is 5.52 Å². The molecule has 0 aliphatic rings. The zero-order valence-corrected chi connectivity index (χ0v) is 13.9. The van der Waals surface area contributed by atoms with Gasteiger partial charge in [0, 0.05) is 16.4 Å². The largest absolute Gasteiger partial charge is 0.384 e. The summed E-state index contributed by atoms with van der Waals surface area (Å²) in [5.74, 6) is 0.764. The lowest BCUT2D eigenvalue weighted by Gasteiger charge is -2.23. The predicted octanol–water partition coefficient (Wildman–Crippen LogP) is 4.38. The van der Waals surface area contributed by atoms with Crippen molar-refractivity contribution in [2.75, 3.05) is 11.9 Å². The van der Waals surface area contributed by atoms with Crippen LogP contribution in [0.1, 0.15) is 12.5 Å². The van der Waals surface area contributed by atoms with Gasteiger partial charge in [0.15, 0.2) is 0 Å². The van der Waals surface area contributed by atoms with Crippen LogP contribution >= 0.6 is 27.3 Å². The van der Waals surface area contributed by atoms with Gasteiger partial charge in [0.25, 0.3) is 0 Å². The number of nitrogens with zero attached hydrogens (tertiary/aromatic N) is 1. The number of fused-ring (bicyclic) bond motifs is 1. The third-order valence-electron chi connectivity index (χ3n) is 3.41. The van der Waals surface area contributed by atoms with E-state index in [4.69, 9.17) is 0 Å². The van der Waals surface area contributed by atoms with E-state index in [1.165, 1.54) is 0 Å². The van der Waals surface area contributed by atoms with Gasteiger partial charge >= 0.3 is 0 Å². The molecule has 3 rings (SSSR count). The third kappa shape index (κ3) is 3.26. The summed E-state index contributed by atoms with van der Waals surface area (Å²) in [6.07, 6.45) is 0. The van der Waals surface area contributed by atoms with Crippen molar-refractivity contribution in [3.8, 4) is 0 Å². The van der Waals surface area contributed by atoms with E-state index in [-0.39, 0.29) is 0 Å². The lowest BCUT2D eigenvalue weighted by atomic mass is 9.99. The van der Waals surface area contributed by atoms with Crippen molar-refractivity contribution >= 4 is 44.0 Å². The van der Waals surface area contributed by atoms with Crippen molar-refractivity contribution in [2.24, 2.45) is 0 Å². The highest BCUT2D eigenvalue weighted by Gasteiger charge is 2.23. The first-order valence-electron chi connectivity index (χ1n) is 6.60. The number of hydrogen-bond acceptors (Lipinski definition) is 4. The minimum atomic E-state index is -0.906. The summed E-state index contributed by atoms with van der Waals surface area (Å²) < 4.78 is 1.04. The van der Waals surface area contributed by atoms with Crippen LogP contribution in [0.15, 0.2) is 51.6 Å². The molecule has 0 spiro atoms. The first-order chi connectivity index (χ1) is 10.0. The van der Waals surface area contributed by atoms with Gasteiger partial charge in [-0.3, -0.25) is 0 Å². The number of hydrogen-bond donors (Lipinski definition) is 2. The van der Waals surface area contributed by atoms with Gasteiger partial charge in [-0.25, -0.2) is 4.98 Å². The van der Waals surface area contributed by atoms with Crippen molar-refractivity contribution in [3.63, 3.8) is 0 Å². The molecule has 2 heterocycles. The van der Waals surface area contributed by atoms with Crippen LogP contribution in [0.25, 0.3) is 10.9 Å². The monoisotopic (exact) mass is 362 g/mol. The summed E-state index contributed by atoms with van der Waals surface area (Å²) in [7, 11) is 0. The summed E-state index contributed by atoms with van der Waals surface area (Å²) in [5, 5.41) is 18.7. The molecule has 2 N–H and O–H groups in total. The van der Waals surface area contributed by atoms with Crippen molar-refractivity contribution in [1.82, 2.24) is 4.98 Å². The molecule has 0 aliphatic heterocycles. The second kappa shape index (κ2) is 5.75. The molecule has 1 atom stereocenters. The van der Waals surface area contributed by atoms with Gasteiger partial charge in [-0.05, 0) is 59.6 Å². The van der Waals surface area contributed by atoms with E-state index >= 15 is 0 Å². The van der Waals surface area contributed by atoms with Crippen LogP contribution in [-0.2, 0) is 5.60 Å². The quantitative estimate of drug-likeness (QED) is 0.723. The molecule has 0 saturated carbocycles. The molecule has 0 bridgehead atoms. The van der Waals surface area contributed by atoms with Crippen molar-refractivity contribution in [2.45, 2.75) is 12.5 Å². The molecule has 1 aromatic carbocycles. The molecule has 108 valence electrons. The van der Waals surface area contributed by atoms with Crippen molar-refractivity contribution < 1.29 is 5.11 Å². The van der Waals surface area contributed by atoms with Crippen LogP contribution in [0.3, 0.4) is 0 Å². The summed E-state index contributed by atoms with van der Waals surface area (Å²) >= 11 is 5.04. The Balaban J connectivity index is 1.78. The fraction of sp³-hybridized carbons (Fsp3) is 0.188. The summed E-state index contributed by atoms with van der Waals surface area (Å²) in [4.78, 5) is 4.56. The predicted molar refractivity (Wildman–Crippen MR) is 91.8 cm³/mol. The molecule has 0 fully saturated rings. The zero-order chi connectivity index (χ0) is 14.9. The highest BCUT2D eigenvalue weighted by Crippen LogP contribution is 2.24. The number of benzene rings is 1. The Morgan fingerprint density at radius 1 is 1.29 bits per heavy atom. The molecular weight excluding hydrogens is 348 g/mol. The van der Waals surface area contributed by atoms with Gasteiger partial charge in [-0.2, -0.15) is 11.3 Å². The number of aromatic nitrogens is 1. The molecule has 3 nitrogen and oxygen atoms in total. The Morgan fingerprint density at radius 2 is 2.14 bits per heavy atom. The molecule has 3 aromatic rings. The fourth-order valence-corrected chi connectivity index (χ4v) is 3.29. The van der Waals surface area contributed by atoms with E-state index in [1.54, 1.807) is 18.3 Å². The summed E-state index contributed by atoms with van der Waals surface area (Å²) in [5.41, 5.74) is 0.944. The lowest BCUT2D eigenvalue weighted by molar-refractivity contribution is 0.0719. The molecule has 0 aliphatic carbocycles. The van der Waals surface area contributed by atoms with E-state index in [1.807, 2.05) is 47.2 Å². The van der Waals surface area contributed by atoms with Crippen LogP contribution in [0.5, 0.6) is 0 Å². The smallest absolute Gasteiger partial charge is 0.126 e. The van der Waals surface area contributed by atoms with E-state index in [2.05, 4.69) is 26.2 Å². The molecule has 2 aromatic heterocycles. The average molecular weight is 363 g/mol. The fourth-order valence-electron chi connectivity index (χ4n) is 2.13. The van der Waals surface area contributed by atoms with Crippen LogP contribution in [0.2, 0.25) is 0 Å². The molecule has 0 radical (unpaired) electrons. The van der Waals surface area contributed by atoms with Crippen LogP contribution in [0, 0.1) is 0 Å². The molecular formula is C16H15BrN2OS. The molecule has 0 amide bonds. The summed E-state index contributed by atoms with van der Waals surface area (Å²) in [6, 6.07) is 11.9. The Hall–Kier alpha value is -1.43. The van der Waals surface area contributed by atoms with Gasteiger partial charge in [0.2, 0.25) is 0 Å². The Bertz CT molecular complexity index is 756.